The van der Waals surface area contributed by atoms with Gasteiger partial charge in [-0.15, -0.1) is 0 Å². The highest BCUT2D eigenvalue weighted by Crippen LogP contribution is 2.29. The molecule has 0 amide bonds. The molecule has 0 saturated carbocycles. The van der Waals surface area contributed by atoms with Gasteiger partial charge >= 0.3 is 0 Å². The van der Waals surface area contributed by atoms with Gasteiger partial charge in [-0.25, -0.2) is 0 Å². The molecule has 3 N–H and O–H groups in total. The van der Waals surface area contributed by atoms with Crippen LogP contribution in [0.15, 0.2) is 42.5 Å². The van der Waals surface area contributed by atoms with Crippen molar-refractivity contribution in [2.45, 2.75) is 0 Å². The Hall–Kier alpha value is -2.27. The summed E-state index contributed by atoms with van der Waals surface area (Å²) in [5.74, 6) is 0. The first kappa shape index (κ1) is 12.2. The maximum absolute atomic E-state index is 10.6. The summed E-state index contributed by atoms with van der Waals surface area (Å²) in [6.45, 7) is 0. The van der Waals surface area contributed by atoms with Gasteiger partial charge in [-0.05, 0) is 24.3 Å². The van der Waals surface area contributed by atoms with Crippen LogP contribution in [0.5, 0.6) is 0 Å². The fourth-order valence-corrected chi connectivity index (χ4v) is 1.71. The normalized spacial score (nSPS) is 10.1. The van der Waals surface area contributed by atoms with Gasteiger partial charge in [-0.1, -0.05) is 17.7 Å². The standard InChI is InChI=1S/C12H10ClN3O2/c13-11-7-10(16(17)18)4-5-12(11)15-9-3-1-2-8(14)6-9/h1-7,15H,14H2. The third-order valence-electron chi connectivity index (χ3n) is 2.33. The second-order valence-corrected chi connectivity index (χ2v) is 4.08. The summed E-state index contributed by atoms with van der Waals surface area (Å²) < 4.78 is 0. The minimum atomic E-state index is -0.490. The minimum Gasteiger partial charge on any atom is -0.399 e. The molecular formula is C12H10ClN3O2. The van der Waals surface area contributed by atoms with Gasteiger partial charge in [-0.2, -0.15) is 0 Å². The number of benzene rings is 2. The van der Waals surface area contributed by atoms with Crippen molar-refractivity contribution in [2.24, 2.45) is 0 Å². The van der Waals surface area contributed by atoms with Gasteiger partial charge in [-0.3, -0.25) is 10.1 Å². The van der Waals surface area contributed by atoms with Crippen molar-refractivity contribution in [3.8, 4) is 0 Å². The zero-order chi connectivity index (χ0) is 13.1. The fourth-order valence-electron chi connectivity index (χ4n) is 1.49. The van der Waals surface area contributed by atoms with E-state index in [0.717, 1.165) is 5.69 Å². The molecule has 0 aliphatic carbocycles. The Labute approximate surface area is 108 Å². The van der Waals surface area contributed by atoms with Gasteiger partial charge in [0.15, 0.2) is 0 Å². The van der Waals surface area contributed by atoms with E-state index in [-0.39, 0.29) is 10.7 Å². The van der Waals surface area contributed by atoms with Crippen LogP contribution < -0.4 is 11.1 Å². The zero-order valence-corrected chi connectivity index (χ0v) is 10.0. The summed E-state index contributed by atoms with van der Waals surface area (Å²) in [6, 6.07) is 11.4. The number of halogens is 1. The first-order valence-electron chi connectivity index (χ1n) is 5.13. The summed E-state index contributed by atoms with van der Waals surface area (Å²) in [5.41, 5.74) is 7.59. The molecule has 0 bridgehead atoms. The van der Waals surface area contributed by atoms with Crippen LogP contribution in [0.25, 0.3) is 0 Å². The Balaban J connectivity index is 2.27. The van der Waals surface area contributed by atoms with E-state index in [4.69, 9.17) is 17.3 Å². The average Bonchev–Trinajstić information content (AvgIpc) is 2.31. The third kappa shape index (κ3) is 2.70. The third-order valence-corrected chi connectivity index (χ3v) is 2.64. The van der Waals surface area contributed by atoms with Gasteiger partial charge in [0.2, 0.25) is 0 Å². The topological polar surface area (TPSA) is 81.2 Å². The fraction of sp³-hybridized carbons (Fsp3) is 0. The quantitative estimate of drug-likeness (QED) is 0.504. The molecule has 2 aromatic carbocycles. The van der Waals surface area contributed by atoms with Crippen LogP contribution in [0.3, 0.4) is 0 Å². The van der Waals surface area contributed by atoms with Gasteiger partial charge in [0.05, 0.1) is 15.6 Å². The summed E-state index contributed by atoms with van der Waals surface area (Å²) in [4.78, 5) is 10.1. The van der Waals surface area contributed by atoms with Crippen molar-refractivity contribution in [3.05, 3.63) is 57.6 Å². The van der Waals surface area contributed by atoms with Gasteiger partial charge in [0.1, 0.15) is 0 Å². The number of anilines is 3. The van der Waals surface area contributed by atoms with E-state index in [0.29, 0.717) is 11.4 Å². The Kier molecular flexibility index (Phi) is 3.34. The van der Waals surface area contributed by atoms with E-state index < -0.39 is 4.92 Å². The maximum Gasteiger partial charge on any atom is 0.271 e. The average molecular weight is 264 g/mol. The second kappa shape index (κ2) is 4.93. The van der Waals surface area contributed by atoms with Crippen molar-refractivity contribution in [3.63, 3.8) is 0 Å². The number of nitrogens with two attached hydrogens (primary N) is 1. The molecule has 0 unspecified atom stereocenters. The predicted octanol–water partition coefficient (Wildman–Crippen LogP) is 3.57. The number of nitrogen functional groups attached to an aromatic ring is 1. The summed E-state index contributed by atoms with van der Waals surface area (Å²) in [5, 5.41) is 13.9. The molecule has 92 valence electrons. The molecule has 0 radical (unpaired) electrons. The van der Waals surface area contributed by atoms with E-state index >= 15 is 0 Å². The molecule has 18 heavy (non-hydrogen) atoms. The number of nitrogens with one attached hydrogen (secondary N) is 1. The number of nitrogens with zero attached hydrogens (tertiary/aromatic N) is 1. The lowest BCUT2D eigenvalue weighted by molar-refractivity contribution is -0.384. The molecular weight excluding hydrogens is 254 g/mol. The molecule has 2 aromatic rings. The van der Waals surface area contributed by atoms with Crippen molar-refractivity contribution in [1.82, 2.24) is 0 Å². The lowest BCUT2D eigenvalue weighted by Crippen LogP contribution is -1.94. The highest BCUT2D eigenvalue weighted by molar-refractivity contribution is 6.33. The molecule has 0 atom stereocenters. The molecule has 0 spiro atoms. The van der Waals surface area contributed by atoms with Gasteiger partial charge in [0, 0.05) is 23.5 Å². The van der Waals surface area contributed by atoms with Crippen LogP contribution in [0.1, 0.15) is 0 Å². The lowest BCUT2D eigenvalue weighted by Gasteiger charge is -2.08. The SMILES string of the molecule is Nc1cccc(Nc2ccc([N+](=O)[O-])cc2Cl)c1. The van der Waals surface area contributed by atoms with E-state index in [2.05, 4.69) is 5.32 Å². The van der Waals surface area contributed by atoms with Crippen molar-refractivity contribution < 1.29 is 4.92 Å². The largest absolute Gasteiger partial charge is 0.399 e. The number of nitro groups is 1. The van der Waals surface area contributed by atoms with E-state index in [1.807, 2.05) is 6.07 Å². The molecule has 0 aliphatic rings. The van der Waals surface area contributed by atoms with E-state index in [1.165, 1.54) is 12.1 Å². The molecule has 2 rings (SSSR count). The number of non-ortho nitro benzene ring substituents is 1. The maximum atomic E-state index is 10.6. The van der Waals surface area contributed by atoms with Crippen molar-refractivity contribution in [1.29, 1.82) is 0 Å². The Bertz CT molecular complexity index is 602. The van der Waals surface area contributed by atoms with Crippen LogP contribution in [-0.2, 0) is 0 Å². The molecule has 0 saturated heterocycles. The Morgan fingerprint density at radius 2 is 2.00 bits per heavy atom. The summed E-state index contributed by atoms with van der Waals surface area (Å²) in [6.07, 6.45) is 0. The molecule has 0 aliphatic heterocycles. The van der Waals surface area contributed by atoms with Gasteiger partial charge < -0.3 is 11.1 Å². The Morgan fingerprint density at radius 3 is 2.61 bits per heavy atom. The van der Waals surface area contributed by atoms with Crippen LogP contribution in [-0.4, -0.2) is 4.92 Å². The smallest absolute Gasteiger partial charge is 0.271 e. The zero-order valence-electron chi connectivity index (χ0n) is 9.26. The van der Waals surface area contributed by atoms with Crippen LogP contribution in [0.2, 0.25) is 5.02 Å². The predicted molar refractivity (Wildman–Crippen MR) is 72.2 cm³/mol. The van der Waals surface area contributed by atoms with Crippen LogP contribution >= 0.6 is 11.6 Å². The van der Waals surface area contributed by atoms with Crippen LogP contribution in [0.4, 0.5) is 22.7 Å². The molecule has 0 aromatic heterocycles. The Morgan fingerprint density at radius 1 is 1.22 bits per heavy atom. The number of hydrogen-bond donors (Lipinski definition) is 2. The molecule has 6 heteroatoms. The minimum absolute atomic E-state index is 0.0434. The molecule has 0 heterocycles. The molecule has 5 nitrogen and oxygen atoms in total. The monoisotopic (exact) mass is 263 g/mol. The van der Waals surface area contributed by atoms with Gasteiger partial charge in [0.25, 0.3) is 5.69 Å². The highest BCUT2D eigenvalue weighted by Gasteiger charge is 2.09. The highest BCUT2D eigenvalue weighted by atomic mass is 35.5. The second-order valence-electron chi connectivity index (χ2n) is 3.67. The number of rotatable bonds is 3. The van der Waals surface area contributed by atoms with Crippen molar-refractivity contribution in [2.75, 3.05) is 11.1 Å². The summed E-state index contributed by atoms with van der Waals surface area (Å²) >= 11 is 5.96. The number of hydrogen-bond acceptors (Lipinski definition) is 4. The van der Waals surface area contributed by atoms with E-state index in [1.54, 1.807) is 24.3 Å². The van der Waals surface area contributed by atoms with Crippen molar-refractivity contribution >= 4 is 34.4 Å². The molecule has 0 fully saturated rings. The summed E-state index contributed by atoms with van der Waals surface area (Å²) in [7, 11) is 0. The first-order valence-corrected chi connectivity index (χ1v) is 5.50. The van der Waals surface area contributed by atoms with Crippen LogP contribution in [0, 0.1) is 10.1 Å². The van der Waals surface area contributed by atoms with E-state index in [9.17, 15) is 10.1 Å². The lowest BCUT2D eigenvalue weighted by atomic mass is 10.2. The first-order chi connectivity index (χ1) is 8.56. The number of nitro benzene ring substituents is 1.